The summed E-state index contributed by atoms with van der Waals surface area (Å²) in [5, 5.41) is 2.98. The van der Waals surface area contributed by atoms with Crippen LogP contribution in [-0.4, -0.2) is 41.3 Å². The van der Waals surface area contributed by atoms with E-state index in [0.29, 0.717) is 32.0 Å². The van der Waals surface area contributed by atoms with E-state index in [9.17, 15) is 18.4 Å². The number of fused-ring (bicyclic) bond motifs is 1. The fraction of sp³-hybridized carbons (Fsp3) is 0.409. The van der Waals surface area contributed by atoms with E-state index in [0.717, 1.165) is 30.7 Å². The van der Waals surface area contributed by atoms with Gasteiger partial charge >= 0.3 is 0 Å². The zero-order chi connectivity index (χ0) is 20.4. The number of carbonyl (C=O) groups excluding carboxylic acids is 2. The average Bonchev–Trinajstić information content (AvgIpc) is 2.71. The second kappa shape index (κ2) is 8.27. The van der Waals surface area contributed by atoms with E-state index < -0.39 is 11.6 Å². The van der Waals surface area contributed by atoms with Gasteiger partial charge in [-0.1, -0.05) is 6.07 Å². The number of benzene rings is 1. The Morgan fingerprint density at radius 2 is 2.03 bits per heavy atom. The van der Waals surface area contributed by atoms with Crippen molar-refractivity contribution in [2.45, 2.75) is 19.3 Å². The van der Waals surface area contributed by atoms with Crippen molar-refractivity contribution in [2.75, 3.05) is 19.6 Å². The van der Waals surface area contributed by atoms with Crippen molar-refractivity contribution in [2.24, 2.45) is 17.8 Å². The highest BCUT2D eigenvalue weighted by Crippen LogP contribution is 2.45. The molecule has 0 unspecified atom stereocenters. The minimum atomic E-state index is -1.03. The Hall–Kier alpha value is -2.83. The second-order valence-corrected chi connectivity index (χ2v) is 7.80. The molecule has 1 aromatic carbocycles. The standard InChI is InChI=1S/C22H23F2N3O2/c23-19-5-4-15(12-20(19)24)22(29)27-10-7-14-11-17(18(14)13-27)21(28)26-9-6-16-3-1-2-8-25-16/h1-5,8,12,14,17-18H,6-7,9-11,13H2,(H,26,28)/t14-,17-,18-/m1/s1. The van der Waals surface area contributed by atoms with Gasteiger partial charge in [0.2, 0.25) is 5.91 Å². The summed E-state index contributed by atoms with van der Waals surface area (Å²) >= 11 is 0. The molecule has 29 heavy (non-hydrogen) atoms. The van der Waals surface area contributed by atoms with Gasteiger partial charge in [-0.2, -0.15) is 0 Å². The lowest BCUT2D eigenvalue weighted by Crippen LogP contribution is -2.56. The van der Waals surface area contributed by atoms with E-state index in [4.69, 9.17) is 0 Å². The summed E-state index contributed by atoms with van der Waals surface area (Å²) in [6, 6.07) is 8.90. The molecule has 1 aliphatic heterocycles. The third-order valence-electron chi connectivity index (χ3n) is 6.08. The molecular weight excluding hydrogens is 376 g/mol. The Bertz CT molecular complexity index is 906. The number of rotatable bonds is 5. The molecule has 2 fully saturated rings. The summed E-state index contributed by atoms with van der Waals surface area (Å²) in [6.45, 7) is 1.58. The largest absolute Gasteiger partial charge is 0.355 e. The Labute approximate surface area is 168 Å². The van der Waals surface area contributed by atoms with Gasteiger partial charge < -0.3 is 10.2 Å². The van der Waals surface area contributed by atoms with E-state index >= 15 is 0 Å². The van der Waals surface area contributed by atoms with Gasteiger partial charge in [-0.05, 0) is 55.0 Å². The number of likely N-dealkylation sites (tertiary alicyclic amines) is 1. The molecule has 1 aliphatic carbocycles. The molecule has 0 bridgehead atoms. The van der Waals surface area contributed by atoms with Crippen LogP contribution in [0.2, 0.25) is 0 Å². The van der Waals surface area contributed by atoms with Crippen LogP contribution in [0.1, 0.15) is 28.9 Å². The van der Waals surface area contributed by atoms with Gasteiger partial charge in [0.15, 0.2) is 11.6 Å². The molecule has 7 heteroatoms. The van der Waals surface area contributed by atoms with Crippen LogP contribution in [0, 0.1) is 29.4 Å². The lowest BCUT2D eigenvalue weighted by Gasteiger charge is -2.50. The molecule has 1 N–H and O–H groups in total. The van der Waals surface area contributed by atoms with Gasteiger partial charge in [-0.3, -0.25) is 14.6 Å². The Balaban J connectivity index is 1.32. The zero-order valence-electron chi connectivity index (χ0n) is 16.0. The first-order chi connectivity index (χ1) is 14.0. The third-order valence-corrected chi connectivity index (χ3v) is 6.08. The molecule has 0 radical (unpaired) electrons. The van der Waals surface area contributed by atoms with Gasteiger partial charge in [-0.15, -0.1) is 0 Å². The van der Waals surface area contributed by atoms with Gasteiger partial charge in [0, 0.05) is 49.4 Å². The summed E-state index contributed by atoms with van der Waals surface area (Å²) in [4.78, 5) is 31.1. The van der Waals surface area contributed by atoms with Crippen molar-refractivity contribution < 1.29 is 18.4 Å². The molecule has 0 spiro atoms. The SMILES string of the molecule is O=C(NCCc1ccccn1)[C@@H]1C[C@H]2CCN(C(=O)c3ccc(F)c(F)c3)C[C@H]21. The predicted octanol–water partition coefficient (Wildman–Crippen LogP) is 2.82. The molecule has 2 amide bonds. The average molecular weight is 399 g/mol. The monoisotopic (exact) mass is 399 g/mol. The number of aromatic nitrogens is 1. The van der Waals surface area contributed by atoms with Crippen LogP contribution in [0.4, 0.5) is 8.78 Å². The van der Waals surface area contributed by atoms with Crippen LogP contribution >= 0.6 is 0 Å². The van der Waals surface area contributed by atoms with E-state index in [1.54, 1.807) is 11.1 Å². The van der Waals surface area contributed by atoms with Crippen LogP contribution in [0.3, 0.4) is 0 Å². The molecule has 152 valence electrons. The first-order valence-corrected chi connectivity index (χ1v) is 9.95. The topological polar surface area (TPSA) is 62.3 Å². The van der Waals surface area contributed by atoms with Gasteiger partial charge in [0.05, 0.1) is 0 Å². The third kappa shape index (κ3) is 4.13. The van der Waals surface area contributed by atoms with E-state index in [-0.39, 0.29) is 29.2 Å². The van der Waals surface area contributed by atoms with E-state index in [1.165, 1.54) is 6.07 Å². The Morgan fingerprint density at radius 1 is 1.17 bits per heavy atom. The Morgan fingerprint density at radius 3 is 2.79 bits per heavy atom. The number of hydrogen-bond donors (Lipinski definition) is 1. The number of carbonyl (C=O) groups is 2. The fourth-order valence-corrected chi connectivity index (χ4v) is 4.37. The van der Waals surface area contributed by atoms with Crippen LogP contribution < -0.4 is 5.32 Å². The van der Waals surface area contributed by atoms with Crippen molar-refractivity contribution in [1.82, 2.24) is 15.2 Å². The van der Waals surface area contributed by atoms with Crippen LogP contribution in [-0.2, 0) is 11.2 Å². The normalized spacial score (nSPS) is 23.1. The molecule has 3 atom stereocenters. The maximum Gasteiger partial charge on any atom is 0.253 e. The highest BCUT2D eigenvalue weighted by molar-refractivity contribution is 5.94. The summed E-state index contributed by atoms with van der Waals surface area (Å²) in [5.41, 5.74) is 1.07. The lowest BCUT2D eigenvalue weighted by atomic mass is 9.61. The summed E-state index contributed by atoms with van der Waals surface area (Å²) in [7, 11) is 0. The highest BCUT2D eigenvalue weighted by atomic mass is 19.2. The molecule has 5 nitrogen and oxygen atoms in total. The molecule has 4 rings (SSSR count). The maximum absolute atomic E-state index is 13.5. The lowest BCUT2D eigenvalue weighted by molar-refractivity contribution is -0.136. The van der Waals surface area contributed by atoms with Gasteiger partial charge in [0.1, 0.15) is 0 Å². The minimum absolute atomic E-state index is 0.0179. The number of hydrogen-bond acceptors (Lipinski definition) is 3. The number of pyridine rings is 1. The van der Waals surface area contributed by atoms with Crippen LogP contribution in [0.25, 0.3) is 0 Å². The molecule has 2 heterocycles. The van der Waals surface area contributed by atoms with Crippen molar-refractivity contribution >= 4 is 11.8 Å². The van der Waals surface area contributed by atoms with Crippen LogP contribution in [0.5, 0.6) is 0 Å². The van der Waals surface area contributed by atoms with Crippen molar-refractivity contribution in [3.8, 4) is 0 Å². The summed E-state index contributed by atoms with van der Waals surface area (Å²) in [5.74, 6) is -1.85. The predicted molar refractivity (Wildman–Crippen MR) is 103 cm³/mol. The second-order valence-electron chi connectivity index (χ2n) is 7.80. The number of piperidine rings is 1. The maximum atomic E-state index is 13.5. The molecule has 1 aromatic heterocycles. The zero-order valence-corrected chi connectivity index (χ0v) is 16.0. The number of amides is 2. The summed E-state index contributed by atoms with van der Waals surface area (Å²) < 4.78 is 26.6. The highest BCUT2D eigenvalue weighted by Gasteiger charge is 2.48. The number of halogens is 2. The summed E-state index contributed by atoms with van der Waals surface area (Å²) in [6.07, 6.45) is 4.08. The minimum Gasteiger partial charge on any atom is -0.355 e. The molecule has 1 saturated heterocycles. The quantitative estimate of drug-likeness (QED) is 0.841. The Kier molecular flexibility index (Phi) is 5.56. The number of nitrogens with one attached hydrogen (secondary N) is 1. The molecule has 1 saturated carbocycles. The van der Waals surface area contributed by atoms with Crippen molar-refractivity contribution in [3.63, 3.8) is 0 Å². The van der Waals surface area contributed by atoms with Gasteiger partial charge in [-0.25, -0.2) is 8.78 Å². The van der Waals surface area contributed by atoms with Gasteiger partial charge in [0.25, 0.3) is 5.91 Å². The molecule has 2 aliphatic rings. The molecule has 2 aromatic rings. The first-order valence-electron chi connectivity index (χ1n) is 9.95. The fourth-order valence-electron chi connectivity index (χ4n) is 4.37. The van der Waals surface area contributed by atoms with Crippen molar-refractivity contribution in [1.29, 1.82) is 0 Å². The number of nitrogens with zero attached hydrogens (tertiary/aromatic N) is 2. The smallest absolute Gasteiger partial charge is 0.253 e. The van der Waals surface area contributed by atoms with Crippen LogP contribution in [0.15, 0.2) is 42.6 Å². The van der Waals surface area contributed by atoms with E-state index in [1.807, 2.05) is 18.2 Å². The first kappa shape index (κ1) is 19.5. The molecular formula is C22H23F2N3O2. The van der Waals surface area contributed by atoms with E-state index in [2.05, 4.69) is 10.3 Å². The van der Waals surface area contributed by atoms with Crippen molar-refractivity contribution in [3.05, 3.63) is 65.5 Å².